The second kappa shape index (κ2) is 3.05. The lowest BCUT2D eigenvalue weighted by Gasteiger charge is -2.25. The van der Waals surface area contributed by atoms with Gasteiger partial charge in [0.1, 0.15) is 0 Å². The van der Waals surface area contributed by atoms with Gasteiger partial charge in [-0.1, -0.05) is 6.42 Å². The minimum Gasteiger partial charge on any atom is -0.204 e. The molecule has 0 heterocycles. The first-order valence-electron chi connectivity index (χ1n) is 4.33. The molecule has 70 valence electrons. The fraction of sp³-hybridized carbons (Fsp3) is 0.400. The van der Waals surface area contributed by atoms with Crippen molar-refractivity contribution in [1.29, 1.82) is 0 Å². The van der Waals surface area contributed by atoms with Crippen molar-refractivity contribution in [2.75, 3.05) is 0 Å². The summed E-state index contributed by atoms with van der Waals surface area (Å²) in [7, 11) is 0. The van der Waals surface area contributed by atoms with E-state index in [2.05, 4.69) is 0 Å². The molecule has 0 aromatic heterocycles. The maximum absolute atomic E-state index is 12.7. The van der Waals surface area contributed by atoms with E-state index in [1.165, 1.54) is 0 Å². The predicted molar refractivity (Wildman–Crippen MR) is 42.9 cm³/mol. The monoisotopic (exact) mass is 186 g/mol. The summed E-state index contributed by atoms with van der Waals surface area (Å²) >= 11 is 0. The van der Waals surface area contributed by atoms with E-state index >= 15 is 0 Å². The van der Waals surface area contributed by atoms with Crippen molar-refractivity contribution in [2.45, 2.75) is 25.2 Å². The van der Waals surface area contributed by atoms with E-state index in [1.807, 2.05) is 0 Å². The van der Waals surface area contributed by atoms with Gasteiger partial charge in [0, 0.05) is 0 Å². The van der Waals surface area contributed by atoms with E-state index < -0.39 is 17.5 Å². The Hall–Kier alpha value is -0.990. The Morgan fingerprint density at radius 3 is 1.92 bits per heavy atom. The van der Waals surface area contributed by atoms with Crippen LogP contribution in [-0.4, -0.2) is 0 Å². The molecule has 0 spiro atoms. The SMILES string of the molecule is Fc1cc(C2CCC2)cc(F)c1F. The lowest BCUT2D eigenvalue weighted by atomic mass is 9.80. The summed E-state index contributed by atoms with van der Waals surface area (Å²) < 4.78 is 38.0. The molecule has 1 saturated carbocycles. The average Bonchev–Trinajstić information content (AvgIpc) is 1.96. The summed E-state index contributed by atoms with van der Waals surface area (Å²) in [6, 6.07) is 2.20. The van der Waals surface area contributed by atoms with Crippen LogP contribution in [-0.2, 0) is 0 Å². The van der Waals surface area contributed by atoms with Crippen LogP contribution in [0.25, 0.3) is 0 Å². The predicted octanol–water partition coefficient (Wildman–Crippen LogP) is 3.37. The molecule has 0 unspecified atom stereocenters. The maximum Gasteiger partial charge on any atom is 0.194 e. The zero-order valence-corrected chi connectivity index (χ0v) is 6.99. The van der Waals surface area contributed by atoms with Gasteiger partial charge < -0.3 is 0 Å². The fourth-order valence-electron chi connectivity index (χ4n) is 1.55. The van der Waals surface area contributed by atoms with Gasteiger partial charge in [-0.15, -0.1) is 0 Å². The van der Waals surface area contributed by atoms with Gasteiger partial charge in [0.25, 0.3) is 0 Å². The molecule has 0 atom stereocenters. The highest BCUT2D eigenvalue weighted by molar-refractivity contribution is 5.24. The van der Waals surface area contributed by atoms with Crippen LogP contribution in [0.2, 0.25) is 0 Å². The molecule has 1 fully saturated rings. The summed E-state index contributed by atoms with van der Waals surface area (Å²) in [5.74, 6) is -3.31. The van der Waals surface area contributed by atoms with E-state index in [0.717, 1.165) is 31.4 Å². The molecule has 0 bridgehead atoms. The first kappa shape index (κ1) is 8.60. The summed E-state index contributed by atoms with van der Waals surface area (Å²) in [5, 5.41) is 0. The van der Waals surface area contributed by atoms with Crippen molar-refractivity contribution in [3.05, 3.63) is 35.1 Å². The minimum absolute atomic E-state index is 0.226. The van der Waals surface area contributed by atoms with E-state index in [-0.39, 0.29) is 5.92 Å². The molecule has 0 N–H and O–H groups in total. The van der Waals surface area contributed by atoms with Gasteiger partial charge in [0.2, 0.25) is 0 Å². The van der Waals surface area contributed by atoms with Gasteiger partial charge >= 0.3 is 0 Å². The Labute approximate surface area is 74.4 Å². The molecule has 1 aliphatic rings. The molecule has 13 heavy (non-hydrogen) atoms. The normalized spacial score (nSPS) is 17.2. The standard InChI is InChI=1S/C10H9F3/c11-8-4-7(6-2-1-3-6)5-9(12)10(8)13/h4-6H,1-3H2. The number of halogens is 3. The summed E-state index contributed by atoms with van der Waals surface area (Å²) in [5.41, 5.74) is 0.586. The smallest absolute Gasteiger partial charge is 0.194 e. The van der Waals surface area contributed by atoms with Gasteiger partial charge in [-0.05, 0) is 36.5 Å². The highest BCUT2D eigenvalue weighted by Crippen LogP contribution is 2.37. The van der Waals surface area contributed by atoms with Crippen molar-refractivity contribution < 1.29 is 13.2 Å². The molecular formula is C10H9F3. The highest BCUT2D eigenvalue weighted by atomic mass is 19.2. The molecule has 0 nitrogen and oxygen atoms in total. The molecule has 3 heteroatoms. The quantitative estimate of drug-likeness (QED) is 0.590. The Morgan fingerprint density at radius 2 is 1.54 bits per heavy atom. The van der Waals surface area contributed by atoms with Crippen LogP contribution < -0.4 is 0 Å². The summed E-state index contributed by atoms with van der Waals surface area (Å²) in [6.07, 6.45) is 2.99. The third-order valence-electron chi connectivity index (χ3n) is 2.58. The molecular weight excluding hydrogens is 177 g/mol. The lowest BCUT2D eigenvalue weighted by Crippen LogP contribution is -2.10. The van der Waals surface area contributed by atoms with Crippen LogP contribution in [0.4, 0.5) is 13.2 Å². The second-order valence-corrected chi connectivity index (χ2v) is 3.43. The zero-order chi connectivity index (χ0) is 9.42. The number of hydrogen-bond donors (Lipinski definition) is 0. The van der Waals surface area contributed by atoms with Crippen molar-refractivity contribution in [2.24, 2.45) is 0 Å². The fourth-order valence-corrected chi connectivity index (χ4v) is 1.55. The van der Waals surface area contributed by atoms with Crippen LogP contribution in [0.3, 0.4) is 0 Å². The Balaban J connectivity index is 2.37. The molecule has 1 aromatic carbocycles. The zero-order valence-electron chi connectivity index (χ0n) is 6.99. The van der Waals surface area contributed by atoms with Crippen molar-refractivity contribution in [1.82, 2.24) is 0 Å². The van der Waals surface area contributed by atoms with Crippen LogP contribution in [0.15, 0.2) is 12.1 Å². The van der Waals surface area contributed by atoms with Crippen molar-refractivity contribution in [3.8, 4) is 0 Å². The van der Waals surface area contributed by atoms with Crippen molar-refractivity contribution >= 4 is 0 Å². The number of benzene rings is 1. The molecule has 0 amide bonds. The molecule has 1 aromatic rings. The van der Waals surface area contributed by atoms with Crippen molar-refractivity contribution in [3.63, 3.8) is 0 Å². The largest absolute Gasteiger partial charge is 0.204 e. The summed E-state index contributed by atoms with van der Waals surface area (Å²) in [4.78, 5) is 0. The van der Waals surface area contributed by atoms with Crippen LogP contribution >= 0.6 is 0 Å². The van der Waals surface area contributed by atoms with Gasteiger partial charge in [-0.3, -0.25) is 0 Å². The Kier molecular flexibility index (Phi) is 2.02. The van der Waals surface area contributed by atoms with Crippen LogP contribution in [0.1, 0.15) is 30.7 Å². The van der Waals surface area contributed by atoms with Gasteiger partial charge in [-0.25, -0.2) is 13.2 Å². The van der Waals surface area contributed by atoms with E-state index in [1.54, 1.807) is 0 Å². The second-order valence-electron chi connectivity index (χ2n) is 3.43. The van der Waals surface area contributed by atoms with Gasteiger partial charge in [-0.2, -0.15) is 0 Å². The average molecular weight is 186 g/mol. The molecule has 0 saturated heterocycles. The first-order valence-corrected chi connectivity index (χ1v) is 4.33. The van der Waals surface area contributed by atoms with E-state index in [9.17, 15) is 13.2 Å². The number of rotatable bonds is 1. The van der Waals surface area contributed by atoms with Crippen LogP contribution in [0.5, 0.6) is 0 Å². The minimum atomic E-state index is -1.37. The van der Waals surface area contributed by atoms with E-state index in [4.69, 9.17) is 0 Å². The number of hydrogen-bond acceptors (Lipinski definition) is 0. The van der Waals surface area contributed by atoms with Crippen LogP contribution in [0, 0.1) is 17.5 Å². The summed E-state index contributed by atoms with van der Waals surface area (Å²) in [6.45, 7) is 0. The third kappa shape index (κ3) is 1.43. The molecule has 0 radical (unpaired) electrons. The van der Waals surface area contributed by atoms with Gasteiger partial charge in [0.15, 0.2) is 17.5 Å². The lowest BCUT2D eigenvalue weighted by molar-refractivity contribution is 0.404. The Morgan fingerprint density at radius 1 is 1.00 bits per heavy atom. The molecule has 2 rings (SSSR count). The maximum atomic E-state index is 12.7. The third-order valence-corrected chi connectivity index (χ3v) is 2.58. The highest BCUT2D eigenvalue weighted by Gasteiger charge is 2.22. The first-order chi connectivity index (χ1) is 6.18. The topological polar surface area (TPSA) is 0 Å². The Bertz CT molecular complexity index is 306. The molecule has 0 aliphatic heterocycles. The van der Waals surface area contributed by atoms with E-state index in [0.29, 0.717) is 5.56 Å². The van der Waals surface area contributed by atoms with Gasteiger partial charge in [0.05, 0.1) is 0 Å². The molecule has 1 aliphatic carbocycles.